The lowest BCUT2D eigenvalue weighted by molar-refractivity contribution is 0.271. The molecule has 0 bridgehead atoms. The van der Waals surface area contributed by atoms with Crippen LogP contribution in [-0.4, -0.2) is 39.5 Å². The van der Waals surface area contributed by atoms with Crippen molar-refractivity contribution in [3.05, 3.63) is 23.2 Å². The topological polar surface area (TPSA) is 75.4 Å². The molecule has 0 atom stereocenters. The van der Waals surface area contributed by atoms with E-state index >= 15 is 0 Å². The van der Waals surface area contributed by atoms with Gasteiger partial charge in [-0.2, -0.15) is 0 Å². The molecule has 0 heterocycles. The summed E-state index contributed by atoms with van der Waals surface area (Å²) >= 11 is 5.91. The number of halogens is 1. The molecule has 114 valence electrons. The van der Waals surface area contributed by atoms with Gasteiger partial charge in [0.2, 0.25) is 10.0 Å². The zero-order valence-electron chi connectivity index (χ0n) is 12.1. The van der Waals surface area contributed by atoms with Crippen molar-refractivity contribution >= 4 is 27.3 Å². The van der Waals surface area contributed by atoms with Gasteiger partial charge in [-0.25, -0.2) is 13.1 Å². The Morgan fingerprint density at radius 2 is 2.05 bits per heavy atom. The summed E-state index contributed by atoms with van der Waals surface area (Å²) in [5.41, 5.74) is 5.84. The molecule has 0 saturated carbocycles. The number of sulfonamides is 1. The molecule has 7 heteroatoms. The molecule has 20 heavy (non-hydrogen) atoms. The predicted molar refractivity (Wildman–Crippen MR) is 83.4 cm³/mol. The highest BCUT2D eigenvalue weighted by Gasteiger charge is 2.20. The largest absolute Gasteiger partial charge is 0.398 e. The number of benzene rings is 1. The summed E-state index contributed by atoms with van der Waals surface area (Å²) in [5.74, 6) is 0. The molecule has 0 amide bonds. The van der Waals surface area contributed by atoms with Gasteiger partial charge in [-0.05, 0) is 46.0 Å². The molecular formula is C13H22ClN3O2S. The van der Waals surface area contributed by atoms with Gasteiger partial charge in [-0.3, -0.25) is 0 Å². The zero-order chi connectivity index (χ0) is 15.3. The number of nitrogen functional groups attached to an aromatic ring is 1. The van der Waals surface area contributed by atoms with Crippen LogP contribution in [0.15, 0.2) is 23.1 Å². The van der Waals surface area contributed by atoms with E-state index in [1.807, 2.05) is 7.05 Å². The fourth-order valence-corrected chi connectivity index (χ4v) is 3.42. The Bertz CT molecular complexity index is 526. The number of nitrogens with two attached hydrogens (primary N) is 1. The van der Waals surface area contributed by atoms with Gasteiger partial charge in [0.15, 0.2) is 0 Å². The predicted octanol–water partition coefficient (Wildman–Crippen LogP) is 1.93. The van der Waals surface area contributed by atoms with Gasteiger partial charge >= 0.3 is 0 Å². The van der Waals surface area contributed by atoms with Crippen molar-refractivity contribution in [1.82, 2.24) is 9.62 Å². The third-order valence-electron chi connectivity index (χ3n) is 3.13. The van der Waals surface area contributed by atoms with E-state index < -0.39 is 10.0 Å². The first kappa shape index (κ1) is 17.2. The first-order valence-electron chi connectivity index (χ1n) is 6.49. The summed E-state index contributed by atoms with van der Waals surface area (Å²) < 4.78 is 26.9. The van der Waals surface area contributed by atoms with Gasteiger partial charge in [-0.1, -0.05) is 17.7 Å². The molecule has 0 unspecified atom stereocenters. The number of nitrogens with one attached hydrogen (secondary N) is 1. The van der Waals surface area contributed by atoms with Crippen molar-refractivity contribution in [2.24, 2.45) is 0 Å². The van der Waals surface area contributed by atoms with Crippen molar-refractivity contribution in [2.45, 2.75) is 31.2 Å². The third-order valence-corrected chi connectivity index (χ3v) is 5.13. The number of hydrogen-bond acceptors (Lipinski definition) is 4. The molecule has 1 aromatic carbocycles. The zero-order valence-corrected chi connectivity index (χ0v) is 13.6. The first-order valence-corrected chi connectivity index (χ1v) is 8.35. The van der Waals surface area contributed by atoms with Crippen molar-refractivity contribution in [2.75, 3.05) is 25.9 Å². The van der Waals surface area contributed by atoms with E-state index in [2.05, 4.69) is 23.5 Å². The molecule has 3 N–H and O–H groups in total. The SMILES string of the molecule is CC(C)N(C)CCCNS(=O)(=O)c1c(N)cccc1Cl. The van der Waals surface area contributed by atoms with Crippen molar-refractivity contribution in [3.63, 3.8) is 0 Å². The maximum Gasteiger partial charge on any atom is 0.244 e. The van der Waals surface area contributed by atoms with Crippen LogP contribution in [0.25, 0.3) is 0 Å². The van der Waals surface area contributed by atoms with Crippen molar-refractivity contribution < 1.29 is 8.42 Å². The van der Waals surface area contributed by atoms with Gasteiger partial charge in [0.25, 0.3) is 0 Å². The highest BCUT2D eigenvalue weighted by atomic mass is 35.5. The molecule has 0 radical (unpaired) electrons. The highest BCUT2D eigenvalue weighted by molar-refractivity contribution is 7.89. The van der Waals surface area contributed by atoms with Crippen LogP contribution in [0.5, 0.6) is 0 Å². The Kier molecular flexibility index (Phi) is 6.26. The minimum absolute atomic E-state index is 0.0427. The van der Waals surface area contributed by atoms with Crippen molar-refractivity contribution in [3.8, 4) is 0 Å². The second kappa shape index (κ2) is 7.26. The number of anilines is 1. The third kappa shape index (κ3) is 4.63. The lowest BCUT2D eigenvalue weighted by Crippen LogP contribution is -2.31. The summed E-state index contributed by atoms with van der Waals surface area (Å²) in [6.45, 7) is 5.35. The lowest BCUT2D eigenvalue weighted by atomic mass is 10.3. The van der Waals surface area contributed by atoms with Gasteiger partial charge in [0.1, 0.15) is 4.90 Å². The minimum atomic E-state index is -3.67. The van der Waals surface area contributed by atoms with Crippen molar-refractivity contribution in [1.29, 1.82) is 0 Å². The van der Waals surface area contributed by atoms with E-state index in [1.165, 1.54) is 12.1 Å². The van der Waals surface area contributed by atoms with Crippen LogP contribution in [0.1, 0.15) is 20.3 Å². The summed E-state index contributed by atoms with van der Waals surface area (Å²) in [6, 6.07) is 5.09. The Labute approximate surface area is 126 Å². The maximum atomic E-state index is 12.2. The van der Waals surface area contributed by atoms with Crippen LogP contribution in [0.4, 0.5) is 5.69 Å². The fraction of sp³-hybridized carbons (Fsp3) is 0.538. The van der Waals surface area contributed by atoms with Crippen LogP contribution >= 0.6 is 11.6 Å². The summed E-state index contributed by atoms with van der Waals surface area (Å²) in [7, 11) is -1.66. The Hall–Kier alpha value is -0.820. The fourth-order valence-electron chi connectivity index (χ4n) is 1.67. The first-order chi connectivity index (χ1) is 9.25. The Morgan fingerprint density at radius 3 is 2.60 bits per heavy atom. The summed E-state index contributed by atoms with van der Waals surface area (Å²) in [6.07, 6.45) is 0.721. The second-order valence-electron chi connectivity index (χ2n) is 4.98. The summed E-state index contributed by atoms with van der Waals surface area (Å²) in [5, 5.41) is 0.136. The maximum absolute atomic E-state index is 12.2. The Morgan fingerprint density at radius 1 is 1.40 bits per heavy atom. The number of hydrogen-bond donors (Lipinski definition) is 2. The van der Waals surface area contributed by atoms with Crippen LogP contribution in [0, 0.1) is 0 Å². The number of nitrogens with zero attached hydrogens (tertiary/aromatic N) is 1. The molecule has 0 saturated heterocycles. The molecule has 0 aliphatic carbocycles. The molecular weight excluding hydrogens is 298 g/mol. The van der Waals surface area contributed by atoms with Gasteiger partial charge in [0, 0.05) is 12.6 Å². The standard InChI is InChI=1S/C13H22ClN3O2S/c1-10(2)17(3)9-5-8-16-20(18,19)13-11(14)6-4-7-12(13)15/h4,6-7,10,16H,5,8-9,15H2,1-3H3. The Balaban J connectivity index is 2.63. The monoisotopic (exact) mass is 319 g/mol. The summed E-state index contributed by atoms with van der Waals surface area (Å²) in [4.78, 5) is 2.11. The van der Waals surface area contributed by atoms with Gasteiger partial charge in [-0.15, -0.1) is 0 Å². The molecule has 0 aliphatic heterocycles. The van der Waals surface area contributed by atoms with E-state index in [1.54, 1.807) is 6.07 Å². The molecule has 0 aliphatic rings. The molecule has 0 spiro atoms. The smallest absolute Gasteiger partial charge is 0.244 e. The van der Waals surface area contributed by atoms with Crippen LogP contribution in [-0.2, 0) is 10.0 Å². The van der Waals surface area contributed by atoms with E-state index in [4.69, 9.17) is 17.3 Å². The van der Waals surface area contributed by atoms with E-state index in [0.717, 1.165) is 13.0 Å². The van der Waals surface area contributed by atoms with E-state index in [9.17, 15) is 8.42 Å². The second-order valence-corrected chi connectivity index (χ2v) is 7.09. The van der Waals surface area contributed by atoms with E-state index in [-0.39, 0.29) is 15.6 Å². The van der Waals surface area contributed by atoms with Gasteiger partial charge < -0.3 is 10.6 Å². The molecule has 1 aromatic rings. The molecule has 0 aromatic heterocycles. The number of rotatable bonds is 7. The average Bonchev–Trinajstić information content (AvgIpc) is 2.33. The average molecular weight is 320 g/mol. The quantitative estimate of drug-likeness (QED) is 0.595. The highest BCUT2D eigenvalue weighted by Crippen LogP contribution is 2.26. The minimum Gasteiger partial charge on any atom is -0.398 e. The normalized spacial score (nSPS) is 12.3. The molecule has 1 rings (SSSR count). The lowest BCUT2D eigenvalue weighted by Gasteiger charge is -2.20. The van der Waals surface area contributed by atoms with Crippen LogP contribution < -0.4 is 10.5 Å². The van der Waals surface area contributed by atoms with E-state index in [0.29, 0.717) is 12.6 Å². The molecule has 0 fully saturated rings. The molecule has 5 nitrogen and oxygen atoms in total. The van der Waals surface area contributed by atoms with Crippen LogP contribution in [0.2, 0.25) is 5.02 Å². The van der Waals surface area contributed by atoms with Gasteiger partial charge in [0.05, 0.1) is 10.7 Å². The van der Waals surface area contributed by atoms with Crippen LogP contribution in [0.3, 0.4) is 0 Å².